The number of carbonyl (C=O) groups is 1. The normalized spacial score (nSPS) is 15.3. The van der Waals surface area contributed by atoms with Crippen molar-refractivity contribution >= 4 is 5.91 Å². The smallest absolute Gasteiger partial charge is 0.227 e. The lowest BCUT2D eigenvalue weighted by Gasteiger charge is -2.32. The van der Waals surface area contributed by atoms with Gasteiger partial charge in [-0.25, -0.2) is 0 Å². The number of amides is 1. The minimum atomic E-state index is 0.216. The molecule has 2 aromatic rings. The van der Waals surface area contributed by atoms with E-state index in [1.54, 1.807) is 13.3 Å². The van der Waals surface area contributed by atoms with Gasteiger partial charge in [-0.05, 0) is 60.6 Å². The van der Waals surface area contributed by atoms with Crippen LogP contribution in [0.5, 0.6) is 5.75 Å². The Kier molecular flexibility index (Phi) is 5.14. The molecular formula is C20H24N2O2. The summed E-state index contributed by atoms with van der Waals surface area (Å²) >= 11 is 0. The van der Waals surface area contributed by atoms with Crippen LogP contribution in [0.25, 0.3) is 0 Å². The van der Waals surface area contributed by atoms with Crippen molar-refractivity contribution in [2.45, 2.75) is 32.1 Å². The Morgan fingerprint density at radius 2 is 2.08 bits per heavy atom. The number of methoxy groups -OCH3 is 1. The van der Waals surface area contributed by atoms with Crippen LogP contribution in [-0.4, -0.2) is 36.0 Å². The second-order valence-corrected chi connectivity index (χ2v) is 6.41. The van der Waals surface area contributed by atoms with Crippen LogP contribution >= 0.6 is 0 Å². The number of rotatable bonds is 4. The van der Waals surface area contributed by atoms with E-state index in [0.717, 1.165) is 42.8 Å². The van der Waals surface area contributed by atoms with E-state index in [1.165, 1.54) is 5.56 Å². The fraction of sp³-hybridized carbons (Fsp3) is 0.400. The molecule has 0 aliphatic carbocycles. The molecular weight excluding hydrogens is 300 g/mol. The zero-order valence-electron chi connectivity index (χ0n) is 14.4. The molecule has 3 rings (SSSR count). The molecule has 24 heavy (non-hydrogen) atoms. The highest BCUT2D eigenvalue weighted by Crippen LogP contribution is 2.30. The standard InChI is InChI=1S/C20H24N2O2/c1-15-14-21-9-6-17(15)13-20(23)22-10-7-16(8-11-22)18-4-3-5-19(12-18)24-2/h3-6,9,12,14,16H,7-8,10-11,13H2,1-2H3. The highest BCUT2D eigenvalue weighted by Gasteiger charge is 2.24. The van der Waals surface area contributed by atoms with Crippen LogP contribution in [0, 0.1) is 6.92 Å². The van der Waals surface area contributed by atoms with Gasteiger partial charge in [0.2, 0.25) is 5.91 Å². The topological polar surface area (TPSA) is 42.4 Å². The maximum absolute atomic E-state index is 12.5. The third kappa shape index (κ3) is 3.75. The van der Waals surface area contributed by atoms with Crippen molar-refractivity contribution in [2.75, 3.05) is 20.2 Å². The van der Waals surface area contributed by atoms with Crippen LogP contribution < -0.4 is 4.74 Å². The summed E-state index contributed by atoms with van der Waals surface area (Å²) in [6, 6.07) is 10.2. The number of pyridine rings is 1. The van der Waals surface area contributed by atoms with E-state index in [1.807, 2.05) is 36.2 Å². The first kappa shape index (κ1) is 16.5. The minimum Gasteiger partial charge on any atom is -0.497 e. The maximum Gasteiger partial charge on any atom is 0.227 e. The fourth-order valence-electron chi connectivity index (χ4n) is 3.33. The molecule has 1 fully saturated rings. The lowest BCUT2D eigenvalue weighted by molar-refractivity contribution is -0.131. The second kappa shape index (κ2) is 7.47. The SMILES string of the molecule is COc1cccc(C2CCN(C(=O)Cc3ccncc3C)CC2)c1. The highest BCUT2D eigenvalue weighted by atomic mass is 16.5. The summed E-state index contributed by atoms with van der Waals surface area (Å²) in [6.07, 6.45) is 6.06. The van der Waals surface area contributed by atoms with E-state index in [0.29, 0.717) is 12.3 Å². The molecule has 1 amide bonds. The first-order chi connectivity index (χ1) is 11.7. The molecule has 0 atom stereocenters. The van der Waals surface area contributed by atoms with Crippen molar-refractivity contribution < 1.29 is 9.53 Å². The lowest BCUT2D eigenvalue weighted by atomic mass is 9.89. The van der Waals surface area contributed by atoms with E-state index in [9.17, 15) is 4.79 Å². The summed E-state index contributed by atoms with van der Waals surface area (Å²) in [5, 5.41) is 0. The second-order valence-electron chi connectivity index (χ2n) is 6.41. The molecule has 2 heterocycles. The molecule has 4 heteroatoms. The van der Waals surface area contributed by atoms with Gasteiger partial charge in [0.1, 0.15) is 5.75 Å². The van der Waals surface area contributed by atoms with Gasteiger partial charge in [-0.1, -0.05) is 12.1 Å². The first-order valence-corrected chi connectivity index (χ1v) is 8.48. The number of aromatic nitrogens is 1. The minimum absolute atomic E-state index is 0.216. The van der Waals surface area contributed by atoms with Gasteiger partial charge in [0, 0.05) is 25.5 Å². The Bertz CT molecular complexity index is 706. The molecule has 0 N–H and O–H groups in total. The number of nitrogens with zero attached hydrogens (tertiary/aromatic N) is 2. The molecule has 0 saturated carbocycles. The van der Waals surface area contributed by atoms with Crippen LogP contribution in [0.3, 0.4) is 0 Å². The number of ether oxygens (including phenoxy) is 1. The van der Waals surface area contributed by atoms with Gasteiger partial charge in [0.15, 0.2) is 0 Å². The van der Waals surface area contributed by atoms with Gasteiger partial charge in [0.05, 0.1) is 13.5 Å². The van der Waals surface area contributed by atoms with Gasteiger partial charge in [-0.3, -0.25) is 9.78 Å². The fourth-order valence-corrected chi connectivity index (χ4v) is 3.33. The Morgan fingerprint density at radius 3 is 2.79 bits per heavy atom. The number of piperidine rings is 1. The average Bonchev–Trinajstić information content (AvgIpc) is 2.64. The average molecular weight is 324 g/mol. The van der Waals surface area contributed by atoms with Crippen molar-refractivity contribution in [1.82, 2.24) is 9.88 Å². The van der Waals surface area contributed by atoms with Crippen molar-refractivity contribution in [2.24, 2.45) is 0 Å². The molecule has 126 valence electrons. The van der Waals surface area contributed by atoms with Gasteiger partial charge < -0.3 is 9.64 Å². The van der Waals surface area contributed by atoms with Gasteiger partial charge in [-0.15, -0.1) is 0 Å². The summed E-state index contributed by atoms with van der Waals surface area (Å²) in [7, 11) is 1.70. The number of hydrogen-bond donors (Lipinski definition) is 0. The number of benzene rings is 1. The highest BCUT2D eigenvalue weighted by molar-refractivity contribution is 5.79. The molecule has 1 aliphatic rings. The lowest BCUT2D eigenvalue weighted by Crippen LogP contribution is -2.38. The molecule has 0 spiro atoms. The Balaban J connectivity index is 1.58. The summed E-state index contributed by atoms with van der Waals surface area (Å²) < 4.78 is 5.31. The zero-order chi connectivity index (χ0) is 16.9. The summed E-state index contributed by atoms with van der Waals surface area (Å²) in [5.41, 5.74) is 3.47. The van der Waals surface area contributed by atoms with Gasteiger partial charge in [-0.2, -0.15) is 0 Å². The molecule has 1 saturated heterocycles. The van der Waals surface area contributed by atoms with E-state index in [2.05, 4.69) is 17.1 Å². The number of hydrogen-bond acceptors (Lipinski definition) is 3. The largest absolute Gasteiger partial charge is 0.497 e. The number of carbonyl (C=O) groups excluding carboxylic acids is 1. The third-order valence-electron chi connectivity index (χ3n) is 4.89. The van der Waals surface area contributed by atoms with Crippen LogP contribution in [-0.2, 0) is 11.2 Å². The van der Waals surface area contributed by atoms with Gasteiger partial charge in [0.25, 0.3) is 0 Å². The predicted molar refractivity (Wildman–Crippen MR) is 94.2 cm³/mol. The van der Waals surface area contributed by atoms with E-state index in [4.69, 9.17) is 4.74 Å². The Labute approximate surface area is 143 Å². The molecule has 0 unspecified atom stereocenters. The van der Waals surface area contributed by atoms with Crippen molar-refractivity contribution in [3.05, 3.63) is 59.4 Å². The van der Waals surface area contributed by atoms with Crippen LogP contribution in [0.15, 0.2) is 42.7 Å². The number of likely N-dealkylation sites (tertiary alicyclic amines) is 1. The first-order valence-electron chi connectivity index (χ1n) is 8.48. The third-order valence-corrected chi connectivity index (χ3v) is 4.89. The van der Waals surface area contributed by atoms with E-state index in [-0.39, 0.29) is 5.91 Å². The van der Waals surface area contributed by atoms with Crippen LogP contribution in [0.1, 0.15) is 35.4 Å². The zero-order valence-corrected chi connectivity index (χ0v) is 14.4. The van der Waals surface area contributed by atoms with E-state index >= 15 is 0 Å². The molecule has 0 radical (unpaired) electrons. The molecule has 4 nitrogen and oxygen atoms in total. The Morgan fingerprint density at radius 1 is 1.29 bits per heavy atom. The molecule has 1 aliphatic heterocycles. The summed E-state index contributed by atoms with van der Waals surface area (Å²) in [5.74, 6) is 1.62. The Hall–Kier alpha value is -2.36. The molecule has 1 aromatic carbocycles. The molecule has 1 aromatic heterocycles. The number of aryl methyl sites for hydroxylation is 1. The summed E-state index contributed by atoms with van der Waals surface area (Å²) in [4.78, 5) is 18.6. The molecule has 0 bridgehead atoms. The predicted octanol–water partition coefficient (Wildman–Crippen LogP) is 3.35. The quantitative estimate of drug-likeness (QED) is 0.866. The van der Waals surface area contributed by atoms with Crippen LogP contribution in [0.4, 0.5) is 0 Å². The van der Waals surface area contributed by atoms with E-state index < -0.39 is 0 Å². The van der Waals surface area contributed by atoms with Crippen LogP contribution in [0.2, 0.25) is 0 Å². The maximum atomic E-state index is 12.5. The summed E-state index contributed by atoms with van der Waals surface area (Å²) in [6.45, 7) is 3.65. The van der Waals surface area contributed by atoms with Crippen molar-refractivity contribution in [3.63, 3.8) is 0 Å². The monoisotopic (exact) mass is 324 g/mol. The van der Waals surface area contributed by atoms with Crippen molar-refractivity contribution in [1.29, 1.82) is 0 Å². The van der Waals surface area contributed by atoms with Gasteiger partial charge >= 0.3 is 0 Å². The van der Waals surface area contributed by atoms with Crippen molar-refractivity contribution in [3.8, 4) is 5.75 Å².